The maximum atomic E-state index is 14.4. The maximum absolute atomic E-state index is 14.4. The van der Waals surface area contributed by atoms with Gasteiger partial charge >= 0.3 is 18.0 Å². The monoisotopic (exact) mass is 1290 g/mol. The molecule has 1 aliphatic carbocycles. The number of nitrogens with zero attached hydrogens (tertiary/aromatic N) is 2. The number of carboxylic acids is 1. The van der Waals surface area contributed by atoms with Gasteiger partial charge in [0.25, 0.3) is 0 Å². The van der Waals surface area contributed by atoms with Gasteiger partial charge < -0.3 is 81.7 Å². The lowest BCUT2D eigenvalue weighted by Gasteiger charge is -2.42. The Labute approximate surface area is 526 Å². The molecule has 4 bridgehead atoms. The standard InChI is InChI=1S/C59H87ClN10O18S/c1-32-12-11-14-43(85-8)59(83)27-41(86-57(82)68-59)33(2)52-58(4,88-52)44(26-50(76)70(6)39-23-36(22-32)24-40(84-7)51(39)60)87-56(81)34(3)69(5)49(75)19-21-89-42(55(79)80)25-45(71)64-29-35-15-17-37(18-16-35)54(78)63-20-10-9-13-38(53(62)77)67-48(74)31-66-47(73)30-65-46(72)28-61/h11-12,14,23-24,33-35,37-38,41-44,52,83H,9-10,13,15-22,25-31,61H2,1-8H3,(H2,62,77)(H,63,78)(H,64,71)(H,65,72)(H,66,73)(H,67,74)(H,68,82)(H,79,80)/b14-11+,32-12+/t33-,34+,35?,37?,38?,41?,42-,43-,44+,52+,58+,59+/m1/s1. The van der Waals surface area contributed by atoms with Gasteiger partial charge in [-0.05, 0) is 95.8 Å². The highest BCUT2D eigenvalue weighted by molar-refractivity contribution is 8.00. The number of hydrogen-bond acceptors (Lipinski definition) is 19. The third-order valence-electron chi connectivity index (χ3n) is 16.6. The Kier molecular flexibility index (Phi) is 27.5. The Morgan fingerprint density at radius 3 is 2.31 bits per heavy atom. The molecular weight excluding hydrogens is 1200 g/mol. The molecule has 89 heavy (non-hydrogen) atoms. The van der Waals surface area contributed by atoms with Crippen molar-refractivity contribution in [3.05, 3.63) is 46.5 Å². The van der Waals surface area contributed by atoms with E-state index in [2.05, 4.69) is 31.9 Å². The second-order valence-corrected chi connectivity index (χ2v) is 24.8. The molecule has 5 rings (SSSR count). The molecule has 1 aromatic rings. The van der Waals surface area contributed by atoms with E-state index in [1.54, 1.807) is 38.1 Å². The van der Waals surface area contributed by atoms with Crippen LogP contribution in [0.5, 0.6) is 5.75 Å². The Balaban J connectivity index is 1.10. The van der Waals surface area contributed by atoms with E-state index in [1.807, 2.05) is 13.0 Å². The number of carbonyl (C=O) groups excluding carboxylic acids is 10. The Morgan fingerprint density at radius 2 is 1.66 bits per heavy atom. The fraction of sp³-hybridized carbons (Fsp3) is 0.644. The summed E-state index contributed by atoms with van der Waals surface area (Å²) in [6.07, 6.45) is 2.96. The number of fused-ring (bicyclic) bond motifs is 5. The summed E-state index contributed by atoms with van der Waals surface area (Å²) in [5.41, 5.74) is 9.27. The number of hydrogen-bond donors (Lipinski definition) is 10. The molecule has 10 atom stereocenters. The topological polar surface area (TPSA) is 408 Å². The highest BCUT2D eigenvalue weighted by atomic mass is 35.5. The van der Waals surface area contributed by atoms with E-state index in [0.29, 0.717) is 62.9 Å². The zero-order chi connectivity index (χ0) is 65.9. The van der Waals surface area contributed by atoms with Crippen molar-refractivity contribution in [2.24, 2.45) is 29.2 Å². The minimum atomic E-state index is -1.91. The first kappa shape index (κ1) is 72.7. The number of epoxide rings is 1. The molecule has 2 unspecified atom stereocenters. The summed E-state index contributed by atoms with van der Waals surface area (Å²) in [6.45, 7) is 6.18. The van der Waals surface area contributed by atoms with E-state index in [-0.39, 0.29) is 73.8 Å². The first-order valence-corrected chi connectivity index (χ1v) is 31.0. The number of methoxy groups -OCH3 is 2. The molecule has 2 saturated heterocycles. The molecule has 9 amide bonds. The van der Waals surface area contributed by atoms with Crippen LogP contribution in [0.2, 0.25) is 5.02 Å². The number of thioether (sulfide) groups is 1. The quantitative estimate of drug-likeness (QED) is 0.0332. The van der Waals surface area contributed by atoms with Gasteiger partial charge in [-0.2, -0.15) is 0 Å². The van der Waals surface area contributed by atoms with E-state index >= 15 is 0 Å². The smallest absolute Gasteiger partial charge is 0.409 e. The van der Waals surface area contributed by atoms with Crippen molar-refractivity contribution in [1.82, 2.24) is 36.8 Å². The van der Waals surface area contributed by atoms with Gasteiger partial charge in [-0.3, -0.25) is 48.5 Å². The number of unbranched alkanes of at least 4 members (excludes halogenated alkanes) is 1. The number of carbonyl (C=O) groups is 11. The molecule has 3 fully saturated rings. The summed E-state index contributed by atoms with van der Waals surface area (Å²) in [7, 11) is 5.74. The van der Waals surface area contributed by atoms with E-state index in [1.165, 1.54) is 40.1 Å². The molecule has 4 aliphatic rings. The number of primary amides is 1. The molecule has 494 valence electrons. The Hall–Kier alpha value is -7.05. The van der Waals surface area contributed by atoms with Crippen LogP contribution < -0.4 is 53.0 Å². The summed E-state index contributed by atoms with van der Waals surface area (Å²) in [5.74, 6) is -7.01. The minimum absolute atomic E-state index is 0.0200. The van der Waals surface area contributed by atoms with Crippen LogP contribution in [0.15, 0.2) is 35.9 Å². The molecular formula is C59H87ClN10O18S. The predicted molar refractivity (Wildman–Crippen MR) is 326 cm³/mol. The lowest BCUT2D eigenvalue weighted by molar-refractivity contribution is -0.162. The molecule has 3 aliphatic heterocycles. The summed E-state index contributed by atoms with van der Waals surface area (Å²) in [6, 6.07) is 1.26. The summed E-state index contributed by atoms with van der Waals surface area (Å²) in [5, 5.41) is 36.1. The van der Waals surface area contributed by atoms with Crippen molar-refractivity contribution < 1.29 is 86.6 Å². The first-order valence-electron chi connectivity index (χ1n) is 29.6. The van der Waals surface area contributed by atoms with Gasteiger partial charge in [-0.15, -0.1) is 11.8 Å². The van der Waals surface area contributed by atoms with Gasteiger partial charge in [0.1, 0.15) is 52.0 Å². The number of halogens is 1. The van der Waals surface area contributed by atoms with Crippen LogP contribution in [0.1, 0.15) is 104 Å². The number of likely N-dealkylation sites (N-methyl/N-ethyl adjacent to an activating group) is 1. The van der Waals surface area contributed by atoms with Crippen LogP contribution in [0.25, 0.3) is 0 Å². The van der Waals surface area contributed by atoms with Crippen LogP contribution in [-0.2, 0) is 73.3 Å². The molecule has 0 radical (unpaired) electrons. The van der Waals surface area contributed by atoms with Crippen molar-refractivity contribution in [3.8, 4) is 5.75 Å². The highest BCUT2D eigenvalue weighted by Crippen LogP contribution is 2.49. The number of alkyl carbamates (subject to hydrolysis) is 1. The third-order valence-corrected chi connectivity index (χ3v) is 18.2. The van der Waals surface area contributed by atoms with Gasteiger partial charge in [0.05, 0.1) is 45.0 Å². The zero-order valence-electron chi connectivity index (χ0n) is 51.6. The van der Waals surface area contributed by atoms with Crippen LogP contribution in [0.4, 0.5) is 10.5 Å². The SMILES string of the molecule is COc1cc2cc(c1Cl)N(C)C(=O)C[C@H](OC(=O)[C@H](C)N(C)C(=O)CCS[C@H](CC(=O)NCC1CCC(C(=O)NCCCCC(NC(=O)CNC(=O)CNC(=O)CN)C(N)=O)CC1)C(=O)O)[C@]1(C)O[C@H]1[C@H](C)C1C[C@@](O)(NC(=O)O1)[C@H](OC)/C=C/C=C(\C)C2. The number of aliphatic carboxylic acids is 1. The van der Waals surface area contributed by atoms with Gasteiger partial charge in [0.15, 0.2) is 5.72 Å². The van der Waals surface area contributed by atoms with Crippen molar-refractivity contribution in [1.29, 1.82) is 0 Å². The number of benzene rings is 1. The minimum Gasteiger partial charge on any atom is -0.495 e. The van der Waals surface area contributed by atoms with Crippen LogP contribution in [0, 0.1) is 17.8 Å². The zero-order valence-corrected chi connectivity index (χ0v) is 53.2. The fourth-order valence-corrected chi connectivity index (χ4v) is 12.2. The van der Waals surface area contributed by atoms with Crippen molar-refractivity contribution in [2.45, 2.75) is 158 Å². The average Bonchev–Trinajstić information content (AvgIpc) is 1.62. The summed E-state index contributed by atoms with van der Waals surface area (Å²) < 4.78 is 29.4. The van der Waals surface area contributed by atoms with Gasteiger partial charge in [0.2, 0.25) is 47.3 Å². The predicted octanol–water partition coefficient (Wildman–Crippen LogP) is 0.851. The average molecular weight is 1290 g/mol. The first-order chi connectivity index (χ1) is 42.0. The Morgan fingerprint density at radius 1 is 0.978 bits per heavy atom. The largest absolute Gasteiger partial charge is 0.495 e. The molecule has 0 aromatic heterocycles. The Bertz CT molecular complexity index is 2820. The number of rotatable bonds is 27. The third kappa shape index (κ3) is 21.0. The summed E-state index contributed by atoms with van der Waals surface area (Å²) in [4.78, 5) is 143. The second-order valence-electron chi connectivity index (χ2n) is 23.1. The molecule has 12 N–H and O–H groups in total. The van der Waals surface area contributed by atoms with E-state index in [4.69, 9.17) is 46.8 Å². The second kappa shape index (κ2) is 33.7. The highest BCUT2D eigenvalue weighted by Gasteiger charge is 2.64. The molecule has 3 heterocycles. The number of esters is 1. The van der Waals surface area contributed by atoms with Gasteiger partial charge in [-0.1, -0.05) is 42.3 Å². The number of anilines is 1. The van der Waals surface area contributed by atoms with E-state index in [9.17, 15) is 63.0 Å². The van der Waals surface area contributed by atoms with Crippen molar-refractivity contribution >= 4 is 94.3 Å². The number of amides is 9. The molecule has 0 spiro atoms. The number of carboxylic acid groups (broad SMARTS) is 1. The van der Waals surface area contributed by atoms with Gasteiger partial charge in [-0.25, -0.2) is 9.59 Å². The van der Waals surface area contributed by atoms with E-state index in [0.717, 1.165) is 27.8 Å². The van der Waals surface area contributed by atoms with Crippen LogP contribution in [-0.4, -0.2) is 200 Å². The number of aliphatic hydroxyl groups is 1. The van der Waals surface area contributed by atoms with Crippen LogP contribution in [0.3, 0.4) is 0 Å². The molecule has 30 heteroatoms. The van der Waals surface area contributed by atoms with E-state index < -0.39 is 131 Å². The molecule has 1 saturated carbocycles. The number of allylic oxidation sites excluding steroid dienone is 3. The van der Waals surface area contributed by atoms with Gasteiger partial charge in [0, 0.05) is 71.1 Å². The van der Waals surface area contributed by atoms with Crippen molar-refractivity contribution in [2.75, 3.05) is 71.7 Å². The lowest BCUT2D eigenvalue weighted by Crippen LogP contribution is -2.63. The molecule has 1 aromatic carbocycles. The lowest BCUT2D eigenvalue weighted by atomic mass is 9.81. The number of ether oxygens (including phenoxy) is 5. The number of nitrogens with one attached hydrogen (secondary N) is 6. The van der Waals surface area contributed by atoms with Crippen molar-refractivity contribution in [3.63, 3.8) is 0 Å². The normalized spacial score (nSPS) is 26.3. The molecule has 28 nitrogen and oxygen atoms in total. The summed E-state index contributed by atoms with van der Waals surface area (Å²) >= 11 is 7.71. The maximum Gasteiger partial charge on any atom is 0.409 e. The number of nitrogens with two attached hydrogens (primary N) is 2. The van der Waals surface area contributed by atoms with Crippen LogP contribution >= 0.6 is 23.4 Å². The fourth-order valence-electron chi connectivity index (χ4n) is 10.9.